The van der Waals surface area contributed by atoms with Gasteiger partial charge in [-0.3, -0.25) is 4.79 Å². The first-order chi connectivity index (χ1) is 13.1. The average Bonchev–Trinajstić information content (AvgIpc) is 3.16. The Morgan fingerprint density at radius 3 is 2.44 bits per heavy atom. The van der Waals surface area contributed by atoms with Crippen LogP contribution in [0.25, 0.3) is 0 Å². The van der Waals surface area contributed by atoms with Gasteiger partial charge >= 0.3 is 5.97 Å². The van der Waals surface area contributed by atoms with E-state index in [2.05, 4.69) is 27.9 Å². The fourth-order valence-electron chi connectivity index (χ4n) is 2.17. The largest absolute Gasteiger partial charge is 0.486 e. The van der Waals surface area contributed by atoms with Gasteiger partial charge in [-0.25, -0.2) is 4.79 Å². The second-order valence-electron chi connectivity index (χ2n) is 5.50. The molecule has 2 aromatic carbocycles. The first-order valence-electron chi connectivity index (χ1n) is 8.09. The van der Waals surface area contributed by atoms with Gasteiger partial charge in [0.15, 0.2) is 6.61 Å². The molecule has 6 nitrogen and oxygen atoms in total. The lowest BCUT2D eigenvalue weighted by molar-refractivity contribution is -0.119. The summed E-state index contributed by atoms with van der Waals surface area (Å²) in [7, 11) is 0. The highest BCUT2D eigenvalue weighted by Gasteiger charge is 2.15. The molecule has 0 saturated carbocycles. The molecule has 1 amide bonds. The molecule has 3 aromatic rings. The second-order valence-corrected chi connectivity index (χ2v) is 6.74. The number of ether oxygens (including phenoxy) is 2. The Morgan fingerprint density at radius 2 is 1.70 bits per heavy atom. The third kappa shape index (κ3) is 5.85. The van der Waals surface area contributed by atoms with E-state index in [9.17, 15) is 9.59 Å². The molecule has 1 N–H and O–H groups in total. The van der Waals surface area contributed by atoms with Crippen molar-refractivity contribution < 1.29 is 23.5 Å². The molecule has 0 fully saturated rings. The average molecular weight is 477 g/mol. The van der Waals surface area contributed by atoms with Crippen molar-refractivity contribution in [2.24, 2.45) is 0 Å². The van der Waals surface area contributed by atoms with Crippen LogP contribution in [-0.4, -0.2) is 18.5 Å². The van der Waals surface area contributed by atoms with Crippen molar-refractivity contribution in [3.8, 4) is 5.75 Å². The molecule has 1 aromatic heterocycles. The Hall–Kier alpha value is -2.81. The van der Waals surface area contributed by atoms with Crippen LogP contribution in [0.5, 0.6) is 5.75 Å². The molecule has 0 spiro atoms. The Kier molecular flexibility index (Phi) is 6.48. The van der Waals surface area contributed by atoms with Crippen molar-refractivity contribution in [2.75, 3.05) is 11.9 Å². The molecule has 0 unspecified atom stereocenters. The molecular weight excluding hydrogens is 461 g/mol. The molecule has 0 aliphatic carbocycles. The monoisotopic (exact) mass is 477 g/mol. The number of carbonyl (C=O) groups is 2. The lowest BCUT2D eigenvalue weighted by atomic mass is 10.3. The fraction of sp³-hybridized carbons (Fsp3) is 0.100. The summed E-state index contributed by atoms with van der Waals surface area (Å²) in [5.41, 5.74) is 0.634. The minimum absolute atomic E-state index is 0.0173. The van der Waals surface area contributed by atoms with E-state index in [1.165, 1.54) is 6.07 Å². The molecule has 0 radical (unpaired) electrons. The summed E-state index contributed by atoms with van der Waals surface area (Å²) in [5, 5.41) is 2.65. The summed E-state index contributed by atoms with van der Waals surface area (Å²) in [5.74, 6) is 0.0608. The zero-order chi connectivity index (χ0) is 19.1. The number of nitrogens with one attached hydrogen (secondary N) is 1. The standard InChI is InChI=1S/C20H16INO5/c21-14-6-8-15(9-7-14)22-19(23)13-26-20(24)18-11-10-17(27-18)12-25-16-4-2-1-3-5-16/h1-11H,12-13H2,(H,22,23). The SMILES string of the molecule is O=C(COC(=O)c1ccc(COc2ccccc2)o1)Nc1ccc(I)cc1. The number of halogens is 1. The van der Waals surface area contributed by atoms with Gasteiger partial charge in [0.2, 0.25) is 5.76 Å². The van der Waals surface area contributed by atoms with Crippen LogP contribution in [0.1, 0.15) is 16.3 Å². The Labute approximate surface area is 169 Å². The Balaban J connectivity index is 1.46. The summed E-state index contributed by atoms with van der Waals surface area (Å²) >= 11 is 2.17. The van der Waals surface area contributed by atoms with Crippen LogP contribution in [-0.2, 0) is 16.1 Å². The number of rotatable bonds is 7. The lowest BCUT2D eigenvalue weighted by Gasteiger charge is -2.06. The summed E-state index contributed by atoms with van der Waals surface area (Å²) in [6, 6.07) is 19.7. The predicted octanol–water partition coefficient (Wildman–Crippen LogP) is 4.26. The van der Waals surface area contributed by atoms with E-state index >= 15 is 0 Å². The van der Waals surface area contributed by atoms with E-state index < -0.39 is 18.5 Å². The molecule has 0 aliphatic heterocycles. The Bertz CT molecular complexity index is 906. The second kappa shape index (κ2) is 9.22. The number of amides is 1. The van der Waals surface area contributed by atoms with Crippen LogP contribution in [0.4, 0.5) is 5.69 Å². The first kappa shape index (κ1) is 19.0. The van der Waals surface area contributed by atoms with Gasteiger partial charge in [-0.1, -0.05) is 18.2 Å². The van der Waals surface area contributed by atoms with Crippen LogP contribution in [0.2, 0.25) is 0 Å². The number of furan rings is 1. The lowest BCUT2D eigenvalue weighted by Crippen LogP contribution is -2.20. The third-order valence-corrected chi connectivity index (χ3v) is 4.17. The molecule has 7 heteroatoms. The Morgan fingerprint density at radius 1 is 0.963 bits per heavy atom. The molecule has 1 heterocycles. The predicted molar refractivity (Wildman–Crippen MR) is 108 cm³/mol. The van der Waals surface area contributed by atoms with Crippen LogP contribution in [0, 0.1) is 3.57 Å². The van der Waals surface area contributed by atoms with E-state index in [0.717, 1.165) is 3.57 Å². The van der Waals surface area contributed by atoms with Crippen LogP contribution >= 0.6 is 22.6 Å². The van der Waals surface area contributed by atoms with E-state index in [1.807, 2.05) is 42.5 Å². The van der Waals surface area contributed by atoms with Crippen molar-refractivity contribution >= 4 is 40.2 Å². The van der Waals surface area contributed by atoms with Gasteiger partial charge in [0.1, 0.15) is 18.1 Å². The number of anilines is 1. The first-order valence-corrected chi connectivity index (χ1v) is 9.17. The van der Waals surface area contributed by atoms with E-state index in [4.69, 9.17) is 13.9 Å². The smallest absolute Gasteiger partial charge is 0.374 e. The summed E-state index contributed by atoms with van der Waals surface area (Å²) in [6.45, 7) is -0.216. The van der Waals surface area contributed by atoms with Gasteiger partial charge in [-0.15, -0.1) is 0 Å². The number of benzene rings is 2. The van der Waals surface area contributed by atoms with Crippen molar-refractivity contribution in [2.45, 2.75) is 6.61 Å². The zero-order valence-electron chi connectivity index (χ0n) is 14.2. The fourth-order valence-corrected chi connectivity index (χ4v) is 2.53. The molecule has 3 rings (SSSR count). The van der Waals surface area contributed by atoms with Crippen LogP contribution < -0.4 is 10.1 Å². The van der Waals surface area contributed by atoms with Crippen molar-refractivity contribution in [1.82, 2.24) is 0 Å². The molecular formula is C20H16INO5. The molecule has 0 bridgehead atoms. The van der Waals surface area contributed by atoms with Gasteiger partial charge in [0, 0.05) is 9.26 Å². The molecule has 138 valence electrons. The van der Waals surface area contributed by atoms with Gasteiger partial charge in [-0.05, 0) is 71.1 Å². The number of hydrogen-bond acceptors (Lipinski definition) is 5. The summed E-state index contributed by atoms with van der Waals surface area (Å²) < 4.78 is 17.0. The van der Waals surface area contributed by atoms with Gasteiger partial charge in [-0.2, -0.15) is 0 Å². The van der Waals surface area contributed by atoms with Crippen molar-refractivity contribution in [3.63, 3.8) is 0 Å². The van der Waals surface area contributed by atoms with Crippen molar-refractivity contribution in [1.29, 1.82) is 0 Å². The topological polar surface area (TPSA) is 77.8 Å². The van der Waals surface area contributed by atoms with E-state index in [0.29, 0.717) is 17.2 Å². The molecule has 0 atom stereocenters. The minimum atomic E-state index is -0.710. The maximum atomic E-state index is 12.0. The number of para-hydroxylation sites is 1. The highest BCUT2D eigenvalue weighted by atomic mass is 127. The molecule has 0 aliphatic rings. The van der Waals surface area contributed by atoms with Gasteiger partial charge in [0.05, 0.1) is 0 Å². The number of carbonyl (C=O) groups excluding carboxylic acids is 2. The van der Waals surface area contributed by atoms with Gasteiger partial charge < -0.3 is 19.2 Å². The highest BCUT2D eigenvalue weighted by Crippen LogP contribution is 2.15. The zero-order valence-corrected chi connectivity index (χ0v) is 16.3. The number of esters is 1. The summed E-state index contributed by atoms with van der Waals surface area (Å²) in [6.07, 6.45) is 0. The van der Waals surface area contributed by atoms with E-state index in [1.54, 1.807) is 18.2 Å². The third-order valence-electron chi connectivity index (χ3n) is 3.45. The minimum Gasteiger partial charge on any atom is -0.486 e. The maximum Gasteiger partial charge on any atom is 0.374 e. The molecule has 27 heavy (non-hydrogen) atoms. The maximum absolute atomic E-state index is 12.0. The van der Waals surface area contributed by atoms with Gasteiger partial charge in [0.25, 0.3) is 5.91 Å². The highest BCUT2D eigenvalue weighted by molar-refractivity contribution is 14.1. The van der Waals surface area contributed by atoms with Crippen molar-refractivity contribution in [3.05, 3.63) is 81.8 Å². The normalized spacial score (nSPS) is 10.3. The quantitative estimate of drug-likeness (QED) is 0.407. The van der Waals surface area contributed by atoms with Crippen LogP contribution in [0.15, 0.2) is 71.1 Å². The number of hydrogen-bond donors (Lipinski definition) is 1. The summed E-state index contributed by atoms with van der Waals surface area (Å²) in [4.78, 5) is 23.9. The van der Waals surface area contributed by atoms with Crippen LogP contribution in [0.3, 0.4) is 0 Å². The van der Waals surface area contributed by atoms with E-state index in [-0.39, 0.29) is 12.4 Å². The molecule has 0 saturated heterocycles.